The molecule has 0 spiro atoms. The number of aromatic nitrogens is 2. The molecule has 0 aliphatic carbocycles. The van der Waals surface area contributed by atoms with E-state index >= 15 is 0 Å². The average molecular weight is 408 g/mol. The van der Waals surface area contributed by atoms with Crippen LogP contribution in [0.5, 0.6) is 11.5 Å². The molecule has 1 N–H and O–H groups in total. The maximum atomic E-state index is 5.34. The number of thiazole rings is 1. The van der Waals surface area contributed by atoms with Crippen molar-refractivity contribution in [1.82, 2.24) is 9.97 Å². The van der Waals surface area contributed by atoms with Crippen molar-refractivity contribution in [3.05, 3.63) is 47.5 Å². The van der Waals surface area contributed by atoms with E-state index in [1.165, 1.54) is 11.3 Å². The molecule has 1 aromatic carbocycles. The molecule has 3 rings (SSSR count). The number of methoxy groups -OCH3 is 2. The third-order valence-corrected chi connectivity index (χ3v) is 4.09. The lowest BCUT2D eigenvalue weighted by atomic mass is 10.1. The lowest BCUT2D eigenvalue weighted by molar-refractivity contribution is 0.355. The van der Waals surface area contributed by atoms with Gasteiger partial charge in [0.15, 0.2) is 16.6 Å². The number of pyridine rings is 1. The highest BCUT2D eigenvalue weighted by atomic mass is 79.9. The van der Waals surface area contributed by atoms with E-state index in [2.05, 4.69) is 15.3 Å². The summed E-state index contributed by atoms with van der Waals surface area (Å²) in [4.78, 5) is 8.89. The highest BCUT2D eigenvalue weighted by Gasteiger charge is 2.09. The van der Waals surface area contributed by atoms with Gasteiger partial charge in [0.2, 0.25) is 0 Å². The van der Waals surface area contributed by atoms with Gasteiger partial charge < -0.3 is 14.8 Å². The smallest absolute Gasteiger partial charge is 0.188 e. The molecule has 0 saturated carbocycles. The number of halogens is 1. The SMILES string of the molecule is Br.COc1ccc(-c2csc(Nc3cc(C)ccn3)n2)cc1OC. The summed E-state index contributed by atoms with van der Waals surface area (Å²) in [6.07, 6.45) is 1.78. The van der Waals surface area contributed by atoms with Crippen molar-refractivity contribution in [3.8, 4) is 22.8 Å². The molecule has 24 heavy (non-hydrogen) atoms. The minimum Gasteiger partial charge on any atom is -0.493 e. The summed E-state index contributed by atoms with van der Waals surface area (Å²) in [5, 5.41) is 6.02. The first-order valence-corrected chi connectivity index (χ1v) is 7.95. The molecular weight excluding hydrogens is 390 g/mol. The quantitative estimate of drug-likeness (QED) is 0.654. The molecule has 0 aliphatic heterocycles. The molecule has 0 fully saturated rings. The maximum absolute atomic E-state index is 5.34. The summed E-state index contributed by atoms with van der Waals surface area (Å²) in [7, 11) is 3.25. The van der Waals surface area contributed by atoms with Gasteiger partial charge in [0.25, 0.3) is 0 Å². The van der Waals surface area contributed by atoms with Crippen LogP contribution in [0.15, 0.2) is 41.9 Å². The highest BCUT2D eigenvalue weighted by Crippen LogP contribution is 2.33. The van der Waals surface area contributed by atoms with Crippen molar-refractivity contribution >= 4 is 39.3 Å². The zero-order valence-corrected chi connectivity index (χ0v) is 16.1. The molecule has 0 aliphatic rings. The Morgan fingerprint density at radius 2 is 1.83 bits per heavy atom. The predicted octanol–water partition coefficient (Wildman–Crippen LogP) is 4.85. The normalized spacial score (nSPS) is 9.96. The molecule has 0 saturated heterocycles. The van der Waals surface area contributed by atoms with Crippen LogP contribution >= 0.6 is 28.3 Å². The summed E-state index contributed by atoms with van der Waals surface area (Å²) in [6, 6.07) is 9.70. The number of nitrogens with zero attached hydrogens (tertiary/aromatic N) is 2. The maximum Gasteiger partial charge on any atom is 0.188 e. The van der Waals surface area contributed by atoms with Crippen molar-refractivity contribution in [2.45, 2.75) is 6.92 Å². The van der Waals surface area contributed by atoms with Gasteiger partial charge in [-0.3, -0.25) is 0 Å². The molecule has 126 valence electrons. The van der Waals surface area contributed by atoms with E-state index in [0.717, 1.165) is 27.8 Å². The fourth-order valence-electron chi connectivity index (χ4n) is 2.17. The Morgan fingerprint density at radius 1 is 1.04 bits per heavy atom. The van der Waals surface area contributed by atoms with Crippen LogP contribution in [0.2, 0.25) is 0 Å². The van der Waals surface area contributed by atoms with Crippen LogP contribution in [0.1, 0.15) is 5.56 Å². The first-order valence-electron chi connectivity index (χ1n) is 7.07. The second-order valence-corrected chi connectivity index (χ2v) is 5.81. The molecule has 5 nitrogen and oxygen atoms in total. The fraction of sp³-hybridized carbons (Fsp3) is 0.176. The summed E-state index contributed by atoms with van der Waals surface area (Å²) < 4.78 is 10.6. The molecule has 0 bridgehead atoms. The lowest BCUT2D eigenvalue weighted by Gasteiger charge is -2.08. The van der Waals surface area contributed by atoms with E-state index in [-0.39, 0.29) is 17.0 Å². The monoisotopic (exact) mass is 407 g/mol. The van der Waals surface area contributed by atoms with Gasteiger partial charge in [0.1, 0.15) is 5.82 Å². The summed E-state index contributed by atoms with van der Waals surface area (Å²) in [6.45, 7) is 2.03. The Kier molecular flexibility index (Phi) is 6.16. The van der Waals surface area contributed by atoms with Gasteiger partial charge in [-0.15, -0.1) is 28.3 Å². The van der Waals surface area contributed by atoms with Gasteiger partial charge in [-0.2, -0.15) is 0 Å². The number of nitrogens with one attached hydrogen (secondary N) is 1. The Labute approximate surface area is 155 Å². The first kappa shape index (κ1) is 18.2. The Bertz CT molecular complexity index is 823. The topological polar surface area (TPSA) is 56.3 Å². The Hall–Kier alpha value is -2.12. The molecule has 2 heterocycles. The molecule has 0 unspecified atom stereocenters. The molecular formula is C17H18BrN3O2S. The first-order chi connectivity index (χ1) is 11.2. The van der Waals surface area contributed by atoms with Crippen LogP contribution in [0.4, 0.5) is 10.9 Å². The van der Waals surface area contributed by atoms with E-state index in [9.17, 15) is 0 Å². The molecule has 3 aromatic rings. The number of hydrogen-bond acceptors (Lipinski definition) is 6. The number of anilines is 2. The largest absolute Gasteiger partial charge is 0.493 e. The summed E-state index contributed by atoms with van der Waals surface area (Å²) in [5.74, 6) is 2.18. The van der Waals surface area contributed by atoms with E-state index in [1.54, 1.807) is 20.4 Å². The Balaban J connectivity index is 0.00000208. The third-order valence-electron chi connectivity index (χ3n) is 3.33. The van der Waals surface area contributed by atoms with Crippen LogP contribution < -0.4 is 14.8 Å². The van der Waals surface area contributed by atoms with Gasteiger partial charge in [-0.25, -0.2) is 9.97 Å². The molecule has 0 amide bonds. The van der Waals surface area contributed by atoms with E-state index in [4.69, 9.17) is 9.47 Å². The van der Waals surface area contributed by atoms with Crippen molar-refractivity contribution in [1.29, 1.82) is 0 Å². The minimum atomic E-state index is 0. The predicted molar refractivity (Wildman–Crippen MR) is 103 cm³/mol. The van der Waals surface area contributed by atoms with Crippen LogP contribution in [0.25, 0.3) is 11.3 Å². The van der Waals surface area contributed by atoms with Crippen LogP contribution in [0, 0.1) is 6.92 Å². The minimum absolute atomic E-state index is 0. The van der Waals surface area contributed by atoms with Crippen LogP contribution in [0.3, 0.4) is 0 Å². The standard InChI is InChI=1S/C17H17N3O2S.BrH/c1-11-6-7-18-16(8-11)20-17-19-13(10-23-17)12-4-5-14(21-2)15(9-12)22-3;/h4-10H,1-3H3,(H,18,19,20);1H. The van der Waals surface area contributed by atoms with Gasteiger partial charge in [0, 0.05) is 17.1 Å². The van der Waals surface area contributed by atoms with Crippen LogP contribution in [-0.4, -0.2) is 24.2 Å². The molecule has 0 radical (unpaired) electrons. The number of rotatable bonds is 5. The van der Waals surface area contributed by atoms with Gasteiger partial charge in [-0.1, -0.05) is 0 Å². The number of ether oxygens (including phenoxy) is 2. The Morgan fingerprint density at radius 3 is 2.54 bits per heavy atom. The number of aryl methyl sites for hydroxylation is 1. The van der Waals surface area contributed by atoms with E-state index < -0.39 is 0 Å². The number of benzene rings is 1. The fourth-order valence-corrected chi connectivity index (χ4v) is 2.90. The number of hydrogen-bond donors (Lipinski definition) is 1. The molecule has 7 heteroatoms. The van der Waals surface area contributed by atoms with Crippen molar-refractivity contribution in [2.24, 2.45) is 0 Å². The van der Waals surface area contributed by atoms with Gasteiger partial charge >= 0.3 is 0 Å². The summed E-state index contributed by atoms with van der Waals surface area (Å²) in [5.41, 5.74) is 3.01. The van der Waals surface area contributed by atoms with E-state index in [0.29, 0.717) is 11.5 Å². The van der Waals surface area contributed by atoms with E-state index in [1.807, 2.05) is 42.6 Å². The van der Waals surface area contributed by atoms with Crippen molar-refractivity contribution in [2.75, 3.05) is 19.5 Å². The lowest BCUT2D eigenvalue weighted by Crippen LogP contribution is -1.93. The second-order valence-electron chi connectivity index (χ2n) is 4.95. The van der Waals surface area contributed by atoms with Crippen LogP contribution in [-0.2, 0) is 0 Å². The summed E-state index contributed by atoms with van der Waals surface area (Å²) >= 11 is 1.53. The second kappa shape index (κ2) is 8.12. The zero-order chi connectivity index (χ0) is 16.2. The molecule has 0 atom stereocenters. The highest BCUT2D eigenvalue weighted by molar-refractivity contribution is 8.93. The van der Waals surface area contributed by atoms with Gasteiger partial charge in [-0.05, 0) is 42.8 Å². The third kappa shape index (κ3) is 4.04. The van der Waals surface area contributed by atoms with Crippen molar-refractivity contribution in [3.63, 3.8) is 0 Å². The van der Waals surface area contributed by atoms with Crippen molar-refractivity contribution < 1.29 is 9.47 Å². The van der Waals surface area contributed by atoms with Gasteiger partial charge in [0.05, 0.1) is 19.9 Å². The zero-order valence-electron chi connectivity index (χ0n) is 13.6. The average Bonchev–Trinajstić information content (AvgIpc) is 3.02. The molecule has 2 aromatic heterocycles.